The summed E-state index contributed by atoms with van der Waals surface area (Å²) in [5.74, 6) is 1.54. The van der Waals surface area contributed by atoms with Crippen molar-refractivity contribution >= 4 is 29.9 Å². The normalized spacial score (nSPS) is 11.6. The third-order valence-electron chi connectivity index (χ3n) is 4.41. The molecule has 0 aliphatic heterocycles. The first kappa shape index (κ1) is 25.6. The van der Waals surface area contributed by atoms with E-state index in [1.54, 1.807) is 19.2 Å². The number of halogens is 1. The molecule has 156 valence electrons. The van der Waals surface area contributed by atoms with Gasteiger partial charge in [0, 0.05) is 20.1 Å². The van der Waals surface area contributed by atoms with Crippen molar-refractivity contribution in [3.05, 3.63) is 17.7 Å². The molecule has 1 rings (SSSR count). The minimum atomic E-state index is 0. The van der Waals surface area contributed by atoms with Crippen LogP contribution < -0.4 is 20.1 Å². The third-order valence-corrected chi connectivity index (χ3v) is 4.41. The number of hydrogen-bond acceptors (Lipinski definition) is 4. The topological polar surface area (TPSA) is 75.1 Å². The van der Waals surface area contributed by atoms with E-state index < -0.39 is 0 Å². The van der Waals surface area contributed by atoms with Crippen LogP contribution in [0.4, 0.5) is 0 Å². The van der Waals surface area contributed by atoms with Gasteiger partial charge in [0.15, 0.2) is 17.5 Å². The maximum atomic E-state index is 9.99. The molecular formula is C20H36IN3O3. The predicted octanol–water partition coefficient (Wildman–Crippen LogP) is 4.30. The highest BCUT2D eigenvalue weighted by Crippen LogP contribution is 2.37. The monoisotopic (exact) mass is 493 g/mol. The average molecular weight is 493 g/mol. The molecule has 1 aromatic rings. The second kappa shape index (κ2) is 12.9. The molecule has 0 fully saturated rings. The minimum absolute atomic E-state index is 0. The van der Waals surface area contributed by atoms with Crippen LogP contribution in [0, 0.1) is 5.41 Å². The first-order valence-electron chi connectivity index (χ1n) is 9.25. The van der Waals surface area contributed by atoms with Crippen molar-refractivity contribution in [3.63, 3.8) is 0 Å². The zero-order valence-electron chi connectivity index (χ0n) is 17.5. The Kier molecular flexibility index (Phi) is 12.2. The molecule has 7 heteroatoms. The summed E-state index contributed by atoms with van der Waals surface area (Å²) in [5, 5.41) is 16.7. The van der Waals surface area contributed by atoms with Crippen LogP contribution in [0.2, 0.25) is 0 Å². The first-order chi connectivity index (χ1) is 12.4. The van der Waals surface area contributed by atoms with Gasteiger partial charge in [0.2, 0.25) is 5.75 Å². The highest BCUT2D eigenvalue weighted by Gasteiger charge is 2.18. The lowest BCUT2D eigenvalue weighted by molar-refractivity contribution is 0.318. The van der Waals surface area contributed by atoms with E-state index in [1.807, 2.05) is 0 Å². The summed E-state index contributed by atoms with van der Waals surface area (Å²) < 4.78 is 10.4. The molecule has 0 radical (unpaired) electrons. The van der Waals surface area contributed by atoms with E-state index in [4.69, 9.17) is 9.47 Å². The van der Waals surface area contributed by atoms with Crippen LogP contribution in [0.1, 0.15) is 52.0 Å². The number of aliphatic imine (C=N–C) groups is 1. The number of phenolic OH excluding ortho intramolecular Hbond substituents is 1. The maximum Gasteiger partial charge on any atom is 0.200 e. The van der Waals surface area contributed by atoms with E-state index in [0.717, 1.165) is 18.1 Å². The second-order valence-electron chi connectivity index (χ2n) is 7.25. The van der Waals surface area contributed by atoms with Crippen molar-refractivity contribution in [2.75, 3.05) is 27.8 Å². The Labute approximate surface area is 181 Å². The largest absolute Gasteiger partial charge is 0.502 e. The quantitative estimate of drug-likeness (QED) is 0.196. The maximum absolute atomic E-state index is 9.99. The van der Waals surface area contributed by atoms with Gasteiger partial charge in [-0.15, -0.1) is 24.0 Å². The molecule has 0 aromatic heterocycles. The van der Waals surface area contributed by atoms with Crippen LogP contribution >= 0.6 is 24.0 Å². The molecule has 27 heavy (non-hydrogen) atoms. The Hall–Kier alpha value is -1.38. The number of methoxy groups -OCH3 is 2. The molecule has 0 saturated carbocycles. The highest BCUT2D eigenvalue weighted by molar-refractivity contribution is 14.0. The lowest BCUT2D eigenvalue weighted by atomic mass is 9.87. The van der Waals surface area contributed by atoms with Crippen molar-refractivity contribution in [1.82, 2.24) is 10.6 Å². The zero-order chi connectivity index (χ0) is 19.6. The van der Waals surface area contributed by atoms with E-state index in [1.165, 1.54) is 39.9 Å². The predicted molar refractivity (Wildman–Crippen MR) is 123 cm³/mol. The molecule has 0 unspecified atom stereocenters. The Morgan fingerprint density at radius 3 is 2.19 bits per heavy atom. The van der Waals surface area contributed by atoms with Crippen LogP contribution in [0.5, 0.6) is 17.2 Å². The standard InChI is InChI=1S/C20H35N3O3.HI/c1-7-8-9-10-20(2,3)14-23-19(21-4)22-13-15-11-16(25-5)18(24)17(12-15)26-6;/h11-12,24H,7-10,13-14H2,1-6H3,(H2,21,22,23);1H. The molecule has 0 aliphatic rings. The second-order valence-corrected chi connectivity index (χ2v) is 7.25. The van der Waals surface area contributed by atoms with Gasteiger partial charge in [0.05, 0.1) is 14.2 Å². The van der Waals surface area contributed by atoms with Crippen LogP contribution in [0.25, 0.3) is 0 Å². The molecule has 1 aromatic carbocycles. The highest BCUT2D eigenvalue weighted by atomic mass is 127. The van der Waals surface area contributed by atoms with E-state index in [2.05, 4.69) is 36.4 Å². The van der Waals surface area contributed by atoms with Gasteiger partial charge in [0.25, 0.3) is 0 Å². The van der Waals surface area contributed by atoms with E-state index in [9.17, 15) is 5.11 Å². The number of hydrogen-bond donors (Lipinski definition) is 3. The number of ether oxygens (including phenoxy) is 2. The summed E-state index contributed by atoms with van der Waals surface area (Å²) in [6, 6.07) is 3.57. The van der Waals surface area contributed by atoms with E-state index in [-0.39, 0.29) is 35.1 Å². The van der Waals surface area contributed by atoms with Gasteiger partial charge < -0.3 is 25.2 Å². The SMILES string of the molecule is CCCCCC(C)(C)CNC(=NC)NCc1cc(OC)c(O)c(OC)c1.I. The van der Waals surface area contributed by atoms with Gasteiger partial charge in [-0.25, -0.2) is 0 Å². The van der Waals surface area contributed by atoms with E-state index in [0.29, 0.717) is 18.0 Å². The average Bonchev–Trinajstić information content (AvgIpc) is 2.62. The van der Waals surface area contributed by atoms with Crippen molar-refractivity contribution in [2.45, 2.75) is 53.0 Å². The fourth-order valence-corrected chi connectivity index (χ4v) is 2.72. The van der Waals surface area contributed by atoms with Gasteiger partial charge in [-0.3, -0.25) is 4.99 Å². The van der Waals surface area contributed by atoms with Crippen molar-refractivity contribution < 1.29 is 14.6 Å². The number of rotatable bonds is 10. The number of unbranched alkanes of at least 4 members (excludes halogenated alkanes) is 2. The van der Waals surface area contributed by atoms with E-state index >= 15 is 0 Å². The lowest BCUT2D eigenvalue weighted by Gasteiger charge is -2.26. The molecule has 0 spiro atoms. The molecular weight excluding hydrogens is 457 g/mol. The number of guanidine groups is 1. The molecule has 0 saturated heterocycles. The Bertz CT molecular complexity index is 567. The molecule has 6 nitrogen and oxygen atoms in total. The molecule has 0 bridgehead atoms. The van der Waals surface area contributed by atoms with Crippen LogP contribution in [0.3, 0.4) is 0 Å². The van der Waals surface area contributed by atoms with Crippen molar-refractivity contribution in [3.8, 4) is 17.2 Å². The zero-order valence-corrected chi connectivity index (χ0v) is 19.8. The minimum Gasteiger partial charge on any atom is -0.502 e. The summed E-state index contributed by atoms with van der Waals surface area (Å²) in [7, 11) is 4.80. The number of aromatic hydroxyl groups is 1. The van der Waals surface area contributed by atoms with Crippen molar-refractivity contribution in [1.29, 1.82) is 0 Å². The molecule has 0 heterocycles. The Morgan fingerprint density at radius 1 is 1.11 bits per heavy atom. The van der Waals surface area contributed by atoms with Gasteiger partial charge in [-0.2, -0.15) is 0 Å². The Balaban J connectivity index is 0.00000676. The molecule has 0 amide bonds. The van der Waals surface area contributed by atoms with Gasteiger partial charge in [-0.05, 0) is 29.5 Å². The summed E-state index contributed by atoms with van der Waals surface area (Å²) in [4.78, 5) is 4.29. The number of phenols is 1. The smallest absolute Gasteiger partial charge is 0.200 e. The van der Waals surface area contributed by atoms with Crippen LogP contribution in [0.15, 0.2) is 17.1 Å². The third kappa shape index (κ3) is 8.90. The Morgan fingerprint density at radius 2 is 1.70 bits per heavy atom. The molecule has 0 aliphatic carbocycles. The molecule has 0 atom stereocenters. The molecule has 3 N–H and O–H groups in total. The summed E-state index contributed by atoms with van der Waals surface area (Å²) >= 11 is 0. The summed E-state index contributed by atoms with van der Waals surface area (Å²) in [6.45, 7) is 8.18. The number of nitrogens with zero attached hydrogens (tertiary/aromatic N) is 1. The van der Waals surface area contributed by atoms with Crippen LogP contribution in [-0.4, -0.2) is 38.9 Å². The lowest BCUT2D eigenvalue weighted by Crippen LogP contribution is -2.41. The number of nitrogens with one attached hydrogen (secondary N) is 2. The fourth-order valence-electron chi connectivity index (χ4n) is 2.72. The van der Waals surface area contributed by atoms with Crippen molar-refractivity contribution in [2.24, 2.45) is 10.4 Å². The van der Waals surface area contributed by atoms with Gasteiger partial charge in [-0.1, -0.05) is 40.0 Å². The first-order valence-corrected chi connectivity index (χ1v) is 9.25. The summed E-state index contributed by atoms with van der Waals surface area (Å²) in [5.41, 5.74) is 1.15. The number of benzene rings is 1. The van der Waals surface area contributed by atoms with Crippen LogP contribution in [-0.2, 0) is 6.54 Å². The fraction of sp³-hybridized carbons (Fsp3) is 0.650. The van der Waals surface area contributed by atoms with Gasteiger partial charge in [0.1, 0.15) is 0 Å². The summed E-state index contributed by atoms with van der Waals surface area (Å²) in [6.07, 6.45) is 4.97. The van der Waals surface area contributed by atoms with Gasteiger partial charge >= 0.3 is 0 Å².